The fourth-order valence-electron chi connectivity index (χ4n) is 3.00. The average Bonchev–Trinajstić information content (AvgIpc) is 2.81. The van der Waals surface area contributed by atoms with Gasteiger partial charge in [0, 0.05) is 31.2 Å². The number of pyridine rings is 1. The molecule has 3 rings (SSSR count). The highest BCUT2D eigenvalue weighted by molar-refractivity contribution is 5.96. The second-order valence-corrected chi connectivity index (χ2v) is 7.30. The van der Waals surface area contributed by atoms with Gasteiger partial charge in [-0.1, -0.05) is 18.2 Å². The van der Waals surface area contributed by atoms with Gasteiger partial charge in [-0.3, -0.25) is 9.78 Å². The molecular formula is C23H18F6N4O2. The number of hydrogen-bond acceptors (Lipinski definition) is 3. The maximum absolute atomic E-state index is 13.2. The quantitative estimate of drug-likeness (QED) is 0.402. The van der Waals surface area contributed by atoms with E-state index in [0.717, 1.165) is 5.56 Å². The van der Waals surface area contributed by atoms with E-state index in [9.17, 15) is 35.9 Å². The summed E-state index contributed by atoms with van der Waals surface area (Å²) in [5, 5.41) is 7.41. The predicted molar refractivity (Wildman–Crippen MR) is 114 cm³/mol. The fourth-order valence-corrected chi connectivity index (χ4v) is 3.00. The smallest absolute Gasteiger partial charge is 0.348 e. The molecule has 0 bridgehead atoms. The van der Waals surface area contributed by atoms with Crippen LogP contribution in [0.1, 0.15) is 32.6 Å². The van der Waals surface area contributed by atoms with E-state index in [1.807, 2.05) is 0 Å². The Morgan fingerprint density at radius 3 is 2.09 bits per heavy atom. The first-order valence-electron chi connectivity index (χ1n) is 10.0. The van der Waals surface area contributed by atoms with Gasteiger partial charge in [-0.2, -0.15) is 26.3 Å². The van der Waals surface area contributed by atoms with Gasteiger partial charge in [0.25, 0.3) is 5.91 Å². The molecule has 0 fully saturated rings. The zero-order chi connectivity index (χ0) is 25.6. The summed E-state index contributed by atoms with van der Waals surface area (Å²) in [6.45, 7) is -0.000892. The lowest BCUT2D eigenvalue weighted by molar-refractivity contribution is -0.141. The minimum Gasteiger partial charge on any atom is -0.348 e. The van der Waals surface area contributed by atoms with Crippen LogP contribution in [-0.2, 0) is 25.4 Å². The van der Waals surface area contributed by atoms with Crippen LogP contribution in [0, 0.1) is 0 Å². The third kappa shape index (κ3) is 7.19. The Hall–Kier alpha value is -4.09. The van der Waals surface area contributed by atoms with Crippen molar-refractivity contribution in [1.82, 2.24) is 15.6 Å². The topological polar surface area (TPSA) is 83.1 Å². The lowest BCUT2D eigenvalue weighted by Gasteiger charge is -2.16. The second-order valence-electron chi connectivity index (χ2n) is 7.30. The van der Waals surface area contributed by atoms with E-state index >= 15 is 0 Å². The number of rotatable bonds is 6. The molecule has 35 heavy (non-hydrogen) atoms. The van der Waals surface area contributed by atoms with Gasteiger partial charge in [0.2, 0.25) is 0 Å². The van der Waals surface area contributed by atoms with Crippen LogP contribution < -0.4 is 16.0 Å². The summed E-state index contributed by atoms with van der Waals surface area (Å²) >= 11 is 0. The SMILES string of the molecule is O=C(NCc1cccnc1)Nc1ccc(CNC(=O)c2cc(C(F)(F)F)ccc2C(F)(F)F)cc1. The monoisotopic (exact) mass is 496 g/mol. The lowest BCUT2D eigenvalue weighted by Crippen LogP contribution is -2.28. The molecule has 1 aromatic heterocycles. The van der Waals surface area contributed by atoms with Crippen molar-refractivity contribution in [2.45, 2.75) is 25.4 Å². The fraction of sp³-hybridized carbons (Fsp3) is 0.174. The summed E-state index contributed by atoms with van der Waals surface area (Å²) < 4.78 is 78.4. The number of halogens is 6. The van der Waals surface area contributed by atoms with Crippen LogP contribution in [0.25, 0.3) is 0 Å². The zero-order valence-electron chi connectivity index (χ0n) is 17.8. The van der Waals surface area contributed by atoms with Gasteiger partial charge in [0.15, 0.2) is 0 Å². The Balaban J connectivity index is 1.61. The molecule has 3 N–H and O–H groups in total. The maximum Gasteiger partial charge on any atom is 0.417 e. The number of anilines is 1. The highest BCUT2D eigenvalue weighted by Gasteiger charge is 2.38. The minimum absolute atomic E-state index is 0.176. The van der Waals surface area contributed by atoms with Crippen molar-refractivity contribution in [2.24, 2.45) is 0 Å². The molecular weight excluding hydrogens is 478 g/mol. The van der Waals surface area contributed by atoms with E-state index < -0.39 is 41.0 Å². The number of aromatic nitrogens is 1. The van der Waals surface area contributed by atoms with E-state index in [2.05, 4.69) is 20.9 Å². The molecule has 0 spiro atoms. The summed E-state index contributed by atoms with van der Waals surface area (Å²) in [6, 6.07) is 9.69. The summed E-state index contributed by atoms with van der Waals surface area (Å²) in [7, 11) is 0. The van der Waals surface area contributed by atoms with Gasteiger partial charge in [-0.25, -0.2) is 4.79 Å². The first kappa shape index (κ1) is 25.5. The van der Waals surface area contributed by atoms with Gasteiger partial charge in [-0.15, -0.1) is 0 Å². The van der Waals surface area contributed by atoms with Crippen LogP contribution in [0.5, 0.6) is 0 Å². The van der Waals surface area contributed by atoms with Crippen LogP contribution >= 0.6 is 0 Å². The molecule has 3 aromatic rings. The molecule has 2 aromatic carbocycles. The molecule has 0 aliphatic carbocycles. The number of amides is 3. The summed E-state index contributed by atoms with van der Waals surface area (Å²) in [4.78, 5) is 28.2. The van der Waals surface area contributed by atoms with Crippen molar-refractivity contribution in [2.75, 3.05) is 5.32 Å². The van der Waals surface area contributed by atoms with Crippen LogP contribution in [0.2, 0.25) is 0 Å². The number of alkyl halides is 6. The van der Waals surface area contributed by atoms with E-state index in [4.69, 9.17) is 0 Å². The third-order valence-electron chi connectivity index (χ3n) is 4.74. The largest absolute Gasteiger partial charge is 0.417 e. The van der Waals surface area contributed by atoms with Crippen molar-refractivity contribution in [1.29, 1.82) is 0 Å². The molecule has 3 amide bonds. The number of hydrogen-bond donors (Lipinski definition) is 3. The standard InChI is InChI=1S/C23H18F6N4O2/c24-22(25,26)16-5-8-19(23(27,28)29)18(10-16)20(34)31-12-14-3-6-17(7-4-14)33-21(35)32-13-15-2-1-9-30-11-15/h1-11H,12-13H2,(H,31,34)(H2,32,33,35). The first-order chi connectivity index (χ1) is 16.4. The van der Waals surface area contributed by atoms with Crippen molar-refractivity contribution < 1.29 is 35.9 Å². The summed E-state index contributed by atoms with van der Waals surface area (Å²) in [6.07, 6.45) is -6.73. The number of nitrogens with zero attached hydrogens (tertiary/aromatic N) is 1. The Morgan fingerprint density at radius 1 is 0.800 bits per heavy atom. The van der Waals surface area contributed by atoms with Crippen molar-refractivity contribution in [3.63, 3.8) is 0 Å². The Kier molecular flexibility index (Phi) is 7.62. The molecule has 0 saturated carbocycles. The summed E-state index contributed by atoms with van der Waals surface area (Å²) in [5.74, 6) is -1.31. The molecule has 0 aliphatic heterocycles. The molecule has 1 heterocycles. The van der Waals surface area contributed by atoms with Crippen LogP contribution in [0.3, 0.4) is 0 Å². The molecule has 0 saturated heterocycles. The van der Waals surface area contributed by atoms with Crippen LogP contribution in [0.4, 0.5) is 36.8 Å². The van der Waals surface area contributed by atoms with Gasteiger partial charge in [-0.05, 0) is 47.5 Å². The molecule has 0 unspecified atom stereocenters. The van der Waals surface area contributed by atoms with Crippen molar-refractivity contribution in [3.05, 3.63) is 94.8 Å². The molecule has 0 radical (unpaired) electrons. The molecule has 0 atom stereocenters. The number of urea groups is 1. The maximum atomic E-state index is 13.2. The second kappa shape index (κ2) is 10.5. The number of nitrogens with one attached hydrogen (secondary N) is 3. The lowest BCUT2D eigenvalue weighted by atomic mass is 10.0. The van der Waals surface area contributed by atoms with E-state index in [0.29, 0.717) is 11.3 Å². The van der Waals surface area contributed by atoms with E-state index in [-0.39, 0.29) is 31.3 Å². The molecule has 12 heteroatoms. The van der Waals surface area contributed by atoms with E-state index in [1.165, 1.54) is 24.3 Å². The van der Waals surface area contributed by atoms with E-state index in [1.54, 1.807) is 24.5 Å². The highest BCUT2D eigenvalue weighted by atomic mass is 19.4. The minimum atomic E-state index is -5.01. The first-order valence-corrected chi connectivity index (χ1v) is 10.0. The van der Waals surface area contributed by atoms with Crippen LogP contribution in [0.15, 0.2) is 67.0 Å². The highest BCUT2D eigenvalue weighted by Crippen LogP contribution is 2.36. The predicted octanol–water partition coefficient (Wildman–Crippen LogP) is 5.37. The zero-order valence-corrected chi connectivity index (χ0v) is 17.8. The van der Waals surface area contributed by atoms with Crippen LogP contribution in [-0.4, -0.2) is 16.9 Å². The molecule has 184 valence electrons. The Morgan fingerprint density at radius 2 is 1.49 bits per heavy atom. The van der Waals surface area contributed by atoms with Gasteiger partial charge in [0.05, 0.1) is 16.7 Å². The Bertz CT molecular complexity index is 1180. The molecule has 0 aliphatic rings. The van der Waals surface area contributed by atoms with Gasteiger partial charge in [0.1, 0.15) is 0 Å². The number of carbonyl (C=O) groups is 2. The third-order valence-corrected chi connectivity index (χ3v) is 4.74. The van der Waals surface area contributed by atoms with Gasteiger partial charge >= 0.3 is 18.4 Å². The summed E-state index contributed by atoms with van der Waals surface area (Å²) in [5.41, 5.74) is -2.33. The number of carbonyl (C=O) groups excluding carboxylic acids is 2. The molecule has 6 nitrogen and oxygen atoms in total. The number of benzene rings is 2. The van der Waals surface area contributed by atoms with Gasteiger partial charge < -0.3 is 16.0 Å². The van der Waals surface area contributed by atoms with Crippen molar-refractivity contribution in [3.8, 4) is 0 Å². The Labute approximate surface area is 195 Å². The normalized spacial score (nSPS) is 11.6. The average molecular weight is 496 g/mol. The van der Waals surface area contributed by atoms with Crippen molar-refractivity contribution >= 4 is 17.6 Å².